The first-order chi connectivity index (χ1) is 11.6. The van der Waals surface area contributed by atoms with Crippen LogP contribution in [0.25, 0.3) is 11.0 Å². The summed E-state index contributed by atoms with van der Waals surface area (Å²) in [5.74, 6) is -0.181. The van der Waals surface area contributed by atoms with Gasteiger partial charge in [-0.1, -0.05) is 12.1 Å². The molecule has 0 fully saturated rings. The van der Waals surface area contributed by atoms with E-state index in [-0.39, 0.29) is 5.91 Å². The van der Waals surface area contributed by atoms with Gasteiger partial charge in [0.05, 0.1) is 34.1 Å². The lowest BCUT2D eigenvalue weighted by atomic mass is 10.1. The van der Waals surface area contributed by atoms with E-state index in [2.05, 4.69) is 21.4 Å². The number of rotatable bonds is 3. The average Bonchev–Trinajstić information content (AvgIpc) is 2.60. The van der Waals surface area contributed by atoms with E-state index in [1.54, 1.807) is 36.4 Å². The van der Waals surface area contributed by atoms with Crippen LogP contribution >= 0.6 is 0 Å². The maximum atomic E-state index is 12.3. The highest BCUT2D eigenvalue weighted by Crippen LogP contribution is 2.14. The monoisotopic (exact) mass is 316 g/mol. The molecule has 1 amide bonds. The first-order valence-corrected chi connectivity index (χ1v) is 7.59. The highest BCUT2D eigenvalue weighted by Gasteiger charge is 2.09. The first kappa shape index (κ1) is 15.6. The molecule has 1 aromatic heterocycles. The van der Waals surface area contributed by atoms with Gasteiger partial charge in [-0.15, -0.1) is 0 Å². The van der Waals surface area contributed by atoms with Gasteiger partial charge in [0.25, 0.3) is 5.91 Å². The van der Waals surface area contributed by atoms with Gasteiger partial charge in [-0.2, -0.15) is 5.26 Å². The van der Waals surface area contributed by atoms with Crippen LogP contribution in [0.15, 0.2) is 42.5 Å². The second-order valence-corrected chi connectivity index (χ2v) is 5.59. The van der Waals surface area contributed by atoms with Gasteiger partial charge in [-0.05, 0) is 49.7 Å². The summed E-state index contributed by atoms with van der Waals surface area (Å²) in [6, 6.07) is 14.6. The Labute approximate surface area is 140 Å². The van der Waals surface area contributed by atoms with Crippen molar-refractivity contribution < 1.29 is 4.79 Å². The van der Waals surface area contributed by atoms with Crippen molar-refractivity contribution >= 4 is 16.9 Å². The number of fused-ring (bicyclic) bond motifs is 1. The molecular weight excluding hydrogens is 300 g/mol. The van der Waals surface area contributed by atoms with Crippen molar-refractivity contribution in [1.29, 1.82) is 5.26 Å². The van der Waals surface area contributed by atoms with Crippen LogP contribution < -0.4 is 5.32 Å². The predicted molar refractivity (Wildman–Crippen MR) is 91.3 cm³/mol. The van der Waals surface area contributed by atoms with Crippen LogP contribution in [0, 0.1) is 25.2 Å². The molecule has 3 rings (SSSR count). The molecule has 1 heterocycles. The van der Waals surface area contributed by atoms with Crippen molar-refractivity contribution in [3.8, 4) is 6.07 Å². The molecule has 2 aromatic carbocycles. The zero-order chi connectivity index (χ0) is 17.1. The van der Waals surface area contributed by atoms with Crippen LogP contribution in [-0.4, -0.2) is 15.9 Å². The van der Waals surface area contributed by atoms with Gasteiger partial charge < -0.3 is 5.32 Å². The number of hydrogen-bond donors (Lipinski definition) is 1. The Morgan fingerprint density at radius 1 is 1.08 bits per heavy atom. The van der Waals surface area contributed by atoms with Crippen molar-refractivity contribution in [2.45, 2.75) is 20.4 Å². The third-order valence-electron chi connectivity index (χ3n) is 3.85. The Morgan fingerprint density at radius 2 is 1.83 bits per heavy atom. The van der Waals surface area contributed by atoms with E-state index in [4.69, 9.17) is 5.26 Å². The molecule has 0 spiro atoms. The second kappa shape index (κ2) is 6.47. The fourth-order valence-electron chi connectivity index (χ4n) is 2.41. The van der Waals surface area contributed by atoms with E-state index in [0.29, 0.717) is 23.2 Å². The normalized spacial score (nSPS) is 10.4. The Hall–Kier alpha value is -3.26. The third kappa shape index (κ3) is 3.23. The van der Waals surface area contributed by atoms with Crippen LogP contribution in [0.5, 0.6) is 0 Å². The summed E-state index contributed by atoms with van der Waals surface area (Å²) >= 11 is 0. The van der Waals surface area contributed by atoms with E-state index < -0.39 is 0 Å². The Kier molecular flexibility index (Phi) is 4.21. The average molecular weight is 316 g/mol. The molecule has 3 aromatic rings. The van der Waals surface area contributed by atoms with Crippen LogP contribution in [-0.2, 0) is 6.54 Å². The van der Waals surface area contributed by atoms with E-state index >= 15 is 0 Å². The molecule has 118 valence electrons. The largest absolute Gasteiger partial charge is 0.348 e. The third-order valence-corrected chi connectivity index (χ3v) is 3.85. The van der Waals surface area contributed by atoms with Crippen molar-refractivity contribution in [2.24, 2.45) is 0 Å². The molecule has 0 aliphatic carbocycles. The maximum Gasteiger partial charge on any atom is 0.251 e. The first-order valence-electron chi connectivity index (χ1n) is 7.59. The number of hydrogen-bond acceptors (Lipinski definition) is 4. The zero-order valence-corrected chi connectivity index (χ0v) is 13.5. The quantitative estimate of drug-likeness (QED) is 0.805. The molecule has 0 saturated carbocycles. The van der Waals surface area contributed by atoms with Crippen molar-refractivity contribution in [2.75, 3.05) is 0 Å². The number of carbonyl (C=O) groups excluding carboxylic acids is 1. The Morgan fingerprint density at radius 3 is 2.58 bits per heavy atom. The van der Waals surface area contributed by atoms with Gasteiger partial charge in [0.1, 0.15) is 0 Å². The molecule has 24 heavy (non-hydrogen) atoms. The van der Waals surface area contributed by atoms with Crippen LogP contribution in [0.1, 0.15) is 32.9 Å². The van der Waals surface area contributed by atoms with Gasteiger partial charge in [0.2, 0.25) is 0 Å². The second-order valence-electron chi connectivity index (χ2n) is 5.59. The highest BCUT2D eigenvalue weighted by molar-refractivity contribution is 5.97. The molecule has 0 unspecified atom stereocenters. The Balaban J connectivity index is 1.78. The molecule has 0 saturated heterocycles. The van der Waals surface area contributed by atoms with E-state index in [9.17, 15) is 4.79 Å². The zero-order valence-electron chi connectivity index (χ0n) is 13.5. The smallest absolute Gasteiger partial charge is 0.251 e. The predicted octanol–water partition coefficient (Wildman–Crippen LogP) is 3.05. The fourth-order valence-corrected chi connectivity index (χ4v) is 2.41. The van der Waals surface area contributed by atoms with Gasteiger partial charge in [-0.25, -0.2) is 9.97 Å². The summed E-state index contributed by atoms with van der Waals surface area (Å²) in [6.07, 6.45) is 0. The number of nitrogens with zero attached hydrogens (tertiary/aromatic N) is 3. The van der Waals surface area contributed by atoms with Gasteiger partial charge in [0, 0.05) is 12.1 Å². The number of aryl methyl sites for hydroxylation is 2. The molecule has 0 aliphatic rings. The maximum absolute atomic E-state index is 12.3. The number of amides is 1. The summed E-state index contributed by atoms with van der Waals surface area (Å²) in [5, 5.41) is 11.8. The van der Waals surface area contributed by atoms with E-state index in [0.717, 1.165) is 22.5 Å². The minimum atomic E-state index is -0.181. The van der Waals surface area contributed by atoms with Gasteiger partial charge >= 0.3 is 0 Å². The van der Waals surface area contributed by atoms with Crippen molar-refractivity contribution in [3.63, 3.8) is 0 Å². The summed E-state index contributed by atoms with van der Waals surface area (Å²) in [4.78, 5) is 21.3. The standard InChI is InChI=1S/C19H16N4O/c1-12-13(2)23-18-9-16(6-7-17(18)22-12)19(24)21-11-15-5-3-4-14(8-15)10-20/h3-9H,11H2,1-2H3,(H,21,24). The number of benzene rings is 2. The van der Waals surface area contributed by atoms with E-state index in [1.807, 2.05) is 19.9 Å². The highest BCUT2D eigenvalue weighted by atomic mass is 16.1. The fraction of sp³-hybridized carbons (Fsp3) is 0.158. The van der Waals surface area contributed by atoms with Crippen LogP contribution in [0.3, 0.4) is 0 Å². The number of nitriles is 1. The van der Waals surface area contributed by atoms with Crippen LogP contribution in [0.4, 0.5) is 0 Å². The lowest BCUT2D eigenvalue weighted by Gasteiger charge is -2.07. The molecule has 0 atom stereocenters. The molecule has 0 radical (unpaired) electrons. The minimum Gasteiger partial charge on any atom is -0.348 e. The molecule has 5 nitrogen and oxygen atoms in total. The summed E-state index contributed by atoms with van der Waals surface area (Å²) in [6.45, 7) is 4.18. The van der Waals surface area contributed by atoms with Gasteiger partial charge in [-0.3, -0.25) is 4.79 Å². The number of aromatic nitrogens is 2. The van der Waals surface area contributed by atoms with Gasteiger partial charge in [0.15, 0.2) is 0 Å². The molecular formula is C19H16N4O. The van der Waals surface area contributed by atoms with Crippen molar-refractivity contribution in [3.05, 3.63) is 70.5 Å². The summed E-state index contributed by atoms with van der Waals surface area (Å²) < 4.78 is 0. The molecule has 1 N–H and O–H groups in total. The molecule has 5 heteroatoms. The SMILES string of the molecule is Cc1nc2ccc(C(=O)NCc3cccc(C#N)c3)cc2nc1C. The van der Waals surface area contributed by atoms with Crippen LogP contribution in [0.2, 0.25) is 0 Å². The summed E-state index contributed by atoms with van der Waals surface area (Å²) in [7, 11) is 0. The topological polar surface area (TPSA) is 78.7 Å². The number of carbonyl (C=O) groups is 1. The lowest BCUT2D eigenvalue weighted by molar-refractivity contribution is 0.0951. The molecule has 0 aliphatic heterocycles. The summed E-state index contributed by atoms with van der Waals surface area (Å²) in [5.41, 5.74) is 5.22. The molecule has 0 bridgehead atoms. The van der Waals surface area contributed by atoms with E-state index in [1.165, 1.54) is 0 Å². The Bertz CT molecular complexity index is 973. The van der Waals surface area contributed by atoms with Crippen molar-refractivity contribution in [1.82, 2.24) is 15.3 Å². The number of nitrogens with one attached hydrogen (secondary N) is 1. The lowest BCUT2D eigenvalue weighted by Crippen LogP contribution is -2.22. The minimum absolute atomic E-state index is 0.181.